The van der Waals surface area contributed by atoms with Crippen LogP contribution in [0.15, 0.2) is 135 Å². The molecule has 8 bridgehead atoms. The van der Waals surface area contributed by atoms with Crippen LogP contribution in [0.2, 0.25) is 0 Å². The summed E-state index contributed by atoms with van der Waals surface area (Å²) in [7, 11) is 2.02. The van der Waals surface area contributed by atoms with Gasteiger partial charge in [0.1, 0.15) is 11.6 Å². The summed E-state index contributed by atoms with van der Waals surface area (Å²) in [5, 5.41) is 3.37. The SMILES string of the molecule is CCCCCCCCOc1ccc(C2=C3C=CC(=N3)C=C3C=CC(=N3)/C(=C3/NC=CN3C)C3=NC(=Cc4ccc2[nH]4)C=C3)cc1. The quantitative estimate of drug-likeness (QED) is 0.289. The molecule has 45 heavy (non-hydrogen) atoms. The van der Waals surface area contributed by atoms with Crippen LogP contribution in [0.1, 0.15) is 62.4 Å². The van der Waals surface area contributed by atoms with Gasteiger partial charge >= 0.3 is 0 Å². The predicted octanol–water partition coefficient (Wildman–Crippen LogP) is 8.00. The van der Waals surface area contributed by atoms with Gasteiger partial charge in [-0.05, 0) is 84.9 Å². The van der Waals surface area contributed by atoms with Gasteiger partial charge in [0, 0.05) is 36.4 Å². The number of benzene rings is 1. The normalized spacial score (nSPS) is 19.6. The van der Waals surface area contributed by atoms with E-state index < -0.39 is 0 Å². The summed E-state index contributed by atoms with van der Waals surface area (Å²) in [5.74, 6) is 1.84. The molecule has 0 amide bonds. The van der Waals surface area contributed by atoms with E-state index in [1.165, 1.54) is 32.1 Å². The first kappa shape index (κ1) is 28.6. The van der Waals surface area contributed by atoms with Crippen molar-refractivity contribution in [3.8, 4) is 5.75 Å². The lowest BCUT2D eigenvalue weighted by atomic mass is 10.0. The van der Waals surface area contributed by atoms with Gasteiger partial charge < -0.3 is 19.9 Å². The summed E-state index contributed by atoms with van der Waals surface area (Å²) >= 11 is 0. The van der Waals surface area contributed by atoms with Crippen molar-refractivity contribution < 1.29 is 4.74 Å². The second kappa shape index (κ2) is 12.8. The van der Waals surface area contributed by atoms with Crippen molar-refractivity contribution in [2.24, 2.45) is 15.0 Å². The van der Waals surface area contributed by atoms with Gasteiger partial charge in [-0.25, -0.2) is 15.0 Å². The van der Waals surface area contributed by atoms with Crippen molar-refractivity contribution in [1.29, 1.82) is 0 Å². The van der Waals surface area contributed by atoms with E-state index in [4.69, 9.17) is 19.7 Å². The zero-order valence-corrected chi connectivity index (χ0v) is 25.9. The van der Waals surface area contributed by atoms with Crippen LogP contribution in [0.3, 0.4) is 0 Å². The number of unbranched alkanes of at least 4 members (excludes halogenated alkanes) is 5. The number of aromatic nitrogens is 1. The number of rotatable bonds is 9. The third-order valence-corrected chi connectivity index (χ3v) is 8.35. The van der Waals surface area contributed by atoms with E-state index in [9.17, 15) is 0 Å². The van der Waals surface area contributed by atoms with Gasteiger partial charge in [-0.15, -0.1) is 0 Å². The molecule has 6 heterocycles. The number of H-pyrrole nitrogens is 1. The van der Waals surface area contributed by atoms with Crippen molar-refractivity contribution in [3.63, 3.8) is 0 Å². The third-order valence-electron chi connectivity index (χ3n) is 8.35. The maximum atomic E-state index is 6.07. The maximum Gasteiger partial charge on any atom is 0.121 e. The van der Waals surface area contributed by atoms with Crippen molar-refractivity contribution >= 4 is 28.8 Å². The van der Waals surface area contributed by atoms with Gasteiger partial charge in [0.05, 0.1) is 46.4 Å². The number of ether oxygens (including phenoxy) is 1. The zero-order chi connectivity index (χ0) is 30.6. The molecule has 0 aliphatic carbocycles. The first-order valence-corrected chi connectivity index (χ1v) is 16.0. The fourth-order valence-electron chi connectivity index (χ4n) is 6.00. The molecule has 0 unspecified atom stereocenters. The molecule has 1 aromatic heterocycles. The van der Waals surface area contributed by atoms with Crippen LogP contribution >= 0.6 is 0 Å². The molecule has 0 saturated carbocycles. The fraction of sp³-hybridized carbons (Fsp3) is 0.237. The summed E-state index contributed by atoms with van der Waals surface area (Å²) in [5.41, 5.74) is 10.2. The van der Waals surface area contributed by atoms with Gasteiger partial charge in [-0.1, -0.05) is 51.2 Å². The Labute approximate surface area is 264 Å². The molecule has 1 aromatic carbocycles. The lowest BCUT2D eigenvalue weighted by Crippen LogP contribution is -2.23. The van der Waals surface area contributed by atoms with E-state index in [1.807, 2.05) is 43.8 Å². The summed E-state index contributed by atoms with van der Waals surface area (Å²) in [6.07, 6.45) is 27.8. The molecule has 7 rings (SSSR count). The van der Waals surface area contributed by atoms with Gasteiger partial charge in [0.2, 0.25) is 0 Å². The van der Waals surface area contributed by atoms with Crippen LogP contribution in [0, 0.1) is 0 Å². The fourth-order valence-corrected chi connectivity index (χ4v) is 6.00. The Morgan fingerprint density at radius 3 is 2.24 bits per heavy atom. The minimum atomic E-state index is 0.749. The van der Waals surface area contributed by atoms with Crippen molar-refractivity contribution in [3.05, 3.63) is 137 Å². The molecular formula is C38H38N6O. The van der Waals surface area contributed by atoms with E-state index >= 15 is 0 Å². The second-order valence-corrected chi connectivity index (χ2v) is 11.7. The van der Waals surface area contributed by atoms with Gasteiger partial charge in [-0.2, -0.15) is 0 Å². The second-order valence-electron chi connectivity index (χ2n) is 11.7. The molecule has 0 spiro atoms. The van der Waals surface area contributed by atoms with Crippen LogP contribution in [0.25, 0.3) is 11.6 Å². The number of nitrogens with zero attached hydrogens (tertiary/aromatic N) is 4. The Hall–Kier alpha value is -5.17. The maximum absolute atomic E-state index is 6.07. The van der Waals surface area contributed by atoms with Gasteiger partial charge in [0.25, 0.3) is 0 Å². The van der Waals surface area contributed by atoms with Crippen molar-refractivity contribution in [2.75, 3.05) is 13.7 Å². The standard InChI is InChI=1S/C38H38N6O/c1-3-4-5-6-7-8-23-45-31-15-9-26(10-16-31)36-32-17-11-27(40-32)24-29-13-19-34(42-29)37(38-39-21-22-44(38)2)35-20-14-30(43-35)25-28-12-18-33(36)41-28/h9-22,24-25,39-40H,3-8,23H2,1-2H3/b29-24?,30-25?,36-33?,38-37-. The van der Waals surface area contributed by atoms with Crippen molar-refractivity contribution in [1.82, 2.24) is 15.2 Å². The highest BCUT2D eigenvalue weighted by atomic mass is 16.5. The van der Waals surface area contributed by atoms with Crippen LogP contribution in [0.4, 0.5) is 0 Å². The summed E-state index contributed by atoms with van der Waals surface area (Å²) in [4.78, 5) is 20.7. The summed E-state index contributed by atoms with van der Waals surface area (Å²) in [6, 6.07) is 12.6. The van der Waals surface area contributed by atoms with Crippen LogP contribution in [-0.4, -0.2) is 40.7 Å². The van der Waals surface area contributed by atoms with Crippen LogP contribution in [0.5, 0.6) is 5.75 Å². The molecule has 0 fully saturated rings. The topological polar surface area (TPSA) is 77.4 Å². The lowest BCUT2D eigenvalue weighted by molar-refractivity contribution is 0.304. The molecule has 0 atom stereocenters. The number of nitrogens with one attached hydrogen (secondary N) is 2. The molecule has 0 radical (unpaired) electrons. The lowest BCUT2D eigenvalue weighted by Gasteiger charge is -2.16. The molecule has 5 aliphatic heterocycles. The van der Waals surface area contributed by atoms with Crippen LogP contribution in [-0.2, 0) is 0 Å². The van der Waals surface area contributed by atoms with Crippen LogP contribution < -0.4 is 10.1 Å². The largest absolute Gasteiger partial charge is 0.494 e. The molecule has 7 heteroatoms. The summed E-state index contributed by atoms with van der Waals surface area (Å²) in [6.45, 7) is 3.00. The Morgan fingerprint density at radius 2 is 1.49 bits per heavy atom. The average Bonchev–Trinajstić information content (AvgIpc) is 3.89. The monoisotopic (exact) mass is 594 g/mol. The molecule has 7 nitrogen and oxygen atoms in total. The predicted molar refractivity (Wildman–Crippen MR) is 185 cm³/mol. The Balaban J connectivity index is 1.22. The number of aromatic amines is 1. The van der Waals surface area contributed by atoms with E-state index in [2.05, 4.69) is 82.8 Å². The number of aliphatic imine (C=N–C) groups is 3. The van der Waals surface area contributed by atoms with Crippen molar-refractivity contribution in [2.45, 2.75) is 45.4 Å². The first-order chi connectivity index (χ1) is 22.1. The van der Waals surface area contributed by atoms with E-state index in [1.54, 1.807) is 0 Å². The first-order valence-electron chi connectivity index (χ1n) is 16.0. The smallest absolute Gasteiger partial charge is 0.121 e. The summed E-state index contributed by atoms with van der Waals surface area (Å²) < 4.78 is 6.07. The molecule has 0 saturated heterocycles. The molecular weight excluding hydrogens is 556 g/mol. The molecule has 5 aliphatic rings. The molecule has 2 N–H and O–H groups in total. The average molecular weight is 595 g/mol. The minimum absolute atomic E-state index is 0.749. The van der Waals surface area contributed by atoms with E-state index in [0.717, 1.165) is 86.9 Å². The number of fused-ring (bicyclic) bond motifs is 5. The Bertz CT molecular complexity index is 1830. The highest BCUT2D eigenvalue weighted by Crippen LogP contribution is 2.33. The molecule has 2 aromatic rings. The minimum Gasteiger partial charge on any atom is -0.494 e. The number of hydrogen-bond acceptors (Lipinski definition) is 6. The third kappa shape index (κ3) is 6.25. The highest BCUT2D eigenvalue weighted by molar-refractivity contribution is 6.33. The van der Waals surface area contributed by atoms with Gasteiger partial charge in [0.15, 0.2) is 0 Å². The Kier molecular flexibility index (Phi) is 8.15. The number of allylic oxidation sites excluding steroid dienone is 8. The van der Waals surface area contributed by atoms with E-state index in [0.29, 0.717) is 0 Å². The Morgan fingerprint density at radius 1 is 0.733 bits per heavy atom. The molecule has 226 valence electrons. The number of hydrogen-bond donors (Lipinski definition) is 2. The van der Waals surface area contributed by atoms with Gasteiger partial charge in [-0.3, -0.25) is 0 Å². The highest BCUT2D eigenvalue weighted by Gasteiger charge is 2.25. The zero-order valence-electron chi connectivity index (χ0n) is 25.9. The van der Waals surface area contributed by atoms with E-state index in [-0.39, 0.29) is 0 Å².